The number of nitrogens with zero attached hydrogens (tertiary/aromatic N) is 1. The van der Waals surface area contributed by atoms with E-state index in [0.717, 1.165) is 22.6 Å². The Labute approximate surface area is 128 Å². The van der Waals surface area contributed by atoms with E-state index in [0.29, 0.717) is 11.3 Å². The van der Waals surface area contributed by atoms with Gasteiger partial charge in [0.2, 0.25) is 0 Å². The van der Waals surface area contributed by atoms with Gasteiger partial charge in [0.25, 0.3) is 0 Å². The van der Waals surface area contributed by atoms with E-state index in [1.807, 2.05) is 13.8 Å². The summed E-state index contributed by atoms with van der Waals surface area (Å²) < 4.78 is 24.4. The highest BCUT2D eigenvalue weighted by molar-refractivity contribution is 6.17. The van der Waals surface area contributed by atoms with Crippen molar-refractivity contribution in [3.63, 3.8) is 0 Å². The molecule has 0 aliphatic rings. The van der Waals surface area contributed by atoms with E-state index in [1.54, 1.807) is 19.4 Å². The fraction of sp³-hybridized carbons (Fsp3) is 0.312. The summed E-state index contributed by atoms with van der Waals surface area (Å²) in [5, 5.41) is 0. The van der Waals surface area contributed by atoms with E-state index < -0.39 is 0 Å². The van der Waals surface area contributed by atoms with Gasteiger partial charge in [-0.05, 0) is 31.5 Å². The summed E-state index contributed by atoms with van der Waals surface area (Å²) in [6, 6.07) is 4.44. The first-order valence-electron chi connectivity index (χ1n) is 6.52. The fourth-order valence-electron chi connectivity index (χ4n) is 2.15. The Hall–Kier alpha value is -1.81. The van der Waals surface area contributed by atoms with Gasteiger partial charge in [0.1, 0.15) is 23.9 Å². The molecule has 0 amide bonds. The zero-order chi connectivity index (χ0) is 15.4. The molecule has 0 spiro atoms. The molecule has 2 rings (SSSR count). The minimum atomic E-state index is -0.366. The second-order valence-corrected chi connectivity index (χ2v) is 5.03. The third-order valence-electron chi connectivity index (χ3n) is 3.21. The molecule has 112 valence electrons. The average molecular weight is 310 g/mol. The summed E-state index contributed by atoms with van der Waals surface area (Å²) in [5.41, 5.74) is 3.33. The predicted octanol–water partition coefficient (Wildman–Crippen LogP) is 4.16. The highest BCUT2D eigenvalue weighted by Crippen LogP contribution is 2.25. The van der Waals surface area contributed by atoms with Crippen LogP contribution in [0, 0.1) is 19.7 Å². The molecule has 21 heavy (non-hydrogen) atoms. The maximum absolute atomic E-state index is 13.4. The molecule has 1 aromatic carbocycles. The number of hydrogen-bond donors (Lipinski definition) is 0. The van der Waals surface area contributed by atoms with Gasteiger partial charge in [-0.25, -0.2) is 4.39 Å². The normalized spacial score (nSPS) is 10.5. The maximum atomic E-state index is 13.4. The first-order valence-corrected chi connectivity index (χ1v) is 7.06. The van der Waals surface area contributed by atoms with E-state index in [-0.39, 0.29) is 18.3 Å². The van der Waals surface area contributed by atoms with Crippen LogP contribution in [0.15, 0.2) is 24.4 Å². The molecular formula is C16H17ClFNO2. The second kappa shape index (κ2) is 6.76. The van der Waals surface area contributed by atoms with Gasteiger partial charge >= 0.3 is 0 Å². The summed E-state index contributed by atoms with van der Waals surface area (Å²) >= 11 is 5.72. The molecule has 1 aromatic heterocycles. The molecule has 0 fully saturated rings. The van der Waals surface area contributed by atoms with Crippen molar-refractivity contribution in [3.8, 4) is 11.5 Å². The SMILES string of the molecule is COc1c(C)cnc(COc2cc(F)cc(CCl)c2)c1C. The number of alkyl halides is 1. The molecular weight excluding hydrogens is 293 g/mol. The monoisotopic (exact) mass is 309 g/mol. The number of pyridine rings is 1. The molecule has 0 unspecified atom stereocenters. The third-order valence-corrected chi connectivity index (χ3v) is 3.52. The Bertz CT molecular complexity index is 646. The number of aryl methyl sites for hydroxylation is 1. The van der Waals surface area contributed by atoms with Gasteiger partial charge in [-0.3, -0.25) is 4.98 Å². The van der Waals surface area contributed by atoms with Crippen molar-refractivity contribution in [2.75, 3.05) is 7.11 Å². The maximum Gasteiger partial charge on any atom is 0.131 e. The number of hydrogen-bond acceptors (Lipinski definition) is 3. The van der Waals surface area contributed by atoms with Crippen molar-refractivity contribution in [2.24, 2.45) is 0 Å². The lowest BCUT2D eigenvalue weighted by Gasteiger charge is -2.13. The lowest BCUT2D eigenvalue weighted by atomic mass is 10.1. The van der Waals surface area contributed by atoms with E-state index in [1.165, 1.54) is 12.1 Å². The van der Waals surface area contributed by atoms with Crippen molar-refractivity contribution < 1.29 is 13.9 Å². The Balaban J connectivity index is 2.19. The Morgan fingerprint density at radius 1 is 1.24 bits per heavy atom. The number of methoxy groups -OCH3 is 1. The predicted molar refractivity (Wildman–Crippen MR) is 80.6 cm³/mol. The Kier molecular flexibility index (Phi) is 5.02. The summed E-state index contributed by atoms with van der Waals surface area (Å²) in [6.07, 6.45) is 1.74. The van der Waals surface area contributed by atoms with Gasteiger partial charge in [-0.1, -0.05) is 0 Å². The average Bonchev–Trinajstić information content (AvgIpc) is 2.46. The van der Waals surface area contributed by atoms with Gasteiger partial charge in [0.15, 0.2) is 0 Å². The van der Waals surface area contributed by atoms with Crippen LogP contribution < -0.4 is 9.47 Å². The number of ether oxygens (including phenoxy) is 2. The Morgan fingerprint density at radius 2 is 2.00 bits per heavy atom. The summed E-state index contributed by atoms with van der Waals surface area (Å²) in [7, 11) is 1.62. The summed E-state index contributed by atoms with van der Waals surface area (Å²) in [4.78, 5) is 4.34. The van der Waals surface area contributed by atoms with E-state index in [2.05, 4.69) is 4.98 Å². The smallest absolute Gasteiger partial charge is 0.131 e. The molecule has 0 bridgehead atoms. The molecule has 3 nitrogen and oxygen atoms in total. The first-order chi connectivity index (χ1) is 10.0. The van der Waals surface area contributed by atoms with Crippen molar-refractivity contribution in [3.05, 3.63) is 52.6 Å². The zero-order valence-corrected chi connectivity index (χ0v) is 13.0. The molecule has 0 atom stereocenters. The molecule has 1 heterocycles. The molecule has 0 radical (unpaired) electrons. The van der Waals surface area contributed by atoms with Crippen LogP contribution in [0.4, 0.5) is 4.39 Å². The number of benzene rings is 1. The van der Waals surface area contributed by atoms with Crippen LogP contribution >= 0.6 is 11.6 Å². The largest absolute Gasteiger partial charge is 0.496 e. The van der Waals surface area contributed by atoms with Crippen LogP contribution in [-0.4, -0.2) is 12.1 Å². The minimum absolute atomic E-state index is 0.240. The van der Waals surface area contributed by atoms with Crippen LogP contribution in [0.3, 0.4) is 0 Å². The third kappa shape index (κ3) is 3.64. The summed E-state index contributed by atoms with van der Waals surface area (Å²) in [6.45, 7) is 4.10. The molecule has 0 aliphatic heterocycles. The van der Waals surface area contributed by atoms with Crippen molar-refractivity contribution in [2.45, 2.75) is 26.3 Å². The van der Waals surface area contributed by atoms with E-state index >= 15 is 0 Å². The van der Waals surface area contributed by atoms with Gasteiger partial charge in [-0.2, -0.15) is 0 Å². The van der Waals surface area contributed by atoms with Crippen molar-refractivity contribution >= 4 is 11.6 Å². The van der Waals surface area contributed by atoms with Crippen molar-refractivity contribution in [1.29, 1.82) is 0 Å². The number of aromatic nitrogens is 1. The van der Waals surface area contributed by atoms with Crippen LogP contribution in [0.25, 0.3) is 0 Å². The van der Waals surface area contributed by atoms with Crippen LogP contribution in [0.1, 0.15) is 22.4 Å². The topological polar surface area (TPSA) is 31.4 Å². The molecule has 0 aliphatic carbocycles. The van der Waals surface area contributed by atoms with Crippen LogP contribution in [0.2, 0.25) is 0 Å². The van der Waals surface area contributed by atoms with Gasteiger partial charge in [-0.15, -0.1) is 11.6 Å². The van der Waals surface area contributed by atoms with Gasteiger partial charge < -0.3 is 9.47 Å². The highest BCUT2D eigenvalue weighted by atomic mass is 35.5. The molecule has 5 heteroatoms. The van der Waals surface area contributed by atoms with E-state index in [4.69, 9.17) is 21.1 Å². The quantitative estimate of drug-likeness (QED) is 0.777. The molecule has 2 aromatic rings. The lowest BCUT2D eigenvalue weighted by molar-refractivity contribution is 0.297. The van der Waals surface area contributed by atoms with Crippen LogP contribution in [-0.2, 0) is 12.5 Å². The zero-order valence-electron chi connectivity index (χ0n) is 12.2. The van der Waals surface area contributed by atoms with Gasteiger partial charge in [0, 0.05) is 29.3 Å². The van der Waals surface area contributed by atoms with Crippen molar-refractivity contribution in [1.82, 2.24) is 4.98 Å². The standard InChI is InChI=1S/C16H17ClFNO2/c1-10-8-19-15(11(2)16(10)20-3)9-21-14-5-12(7-17)4-13(18)6-14/h4-6,8H,7,9H2,1-3H3. The number of rotatable bonds is 5. The van der Waals surface area contributed by atoms with E-state index in [9.17, 15) is 4.39 Å². The minimum Gasteiger partial charge on any atom is -0.496 e. The highest BCUT2D eigenvalue weighted by Gasteiger charge is 2.10. The lowest BCUT2D eigenvalue weighted by Crippen LogP contribution is -2.04. The van der Waals surface area contributed by atoms with Crippen LogP contribution in [0.5, 0.6) is 11.5 Å². The number of halogens is 2. The first kappa shape index (κ1) is 15.6. The second-order valence-electron chi connectivity index (χ2n) is 4.76. The summed E-state index contributed by atoms with van der Waals surface area (Å²) in [5.74, 6) is 1.11. The molecule has 0 N–H and O–H groups in total. The van der Waals surface area contributed by atoms with Gasteiger partial charge in [0.05, 0.1) is 12.8 Å². The fourth-order valence-corrected chi connectivity index (χ4v) is 2.30. The molecule has 0 saturated heterocycles. The molecule has 0 saturated carbocycles. The Morgan fingerprint density at radius 3 is 2.67 bits per heavy atom.